The first kappa shape index (κ1) is 15.6. The fraction of sp³-hybridized carbons (Fsp3) is 0.500. The van der Waals surface area contributed by atoms with Crippen molar-refractivity contribution >= 4 is 40.7 Å². The Hall–Kier alpha value is -1.26. The number of nitrogens with zero attached hydrogens (tertiary/aromatic N) is 1. The highest BCUT2D eigenvalue weighted by molar-refractivity contribution is 6.40. The van der Waals surface area contributed by atoms with Crippen LogP contribution in [0, 0.1) is 5.92 Å². The number of halogens is 2. The van der Waals surface area contributed by atoms with Gasteiger partial charge in [0.25, 0.3) is 0 Å². The van der Waals surface area contributed by atoms with E-state index in [1.807, 2.05) is 0 Å². The van der Waals surface area contributed by atoms with Crippen LogP contribution < -0.4 is 10.2 Å². The number of hydrogen-bond donors (Lipinski definition) is 1. The van der Waals surface area contributed by atoms with Crippen molar-refractivity contribution in [1.82, 2.24) is 5.32 Å². The zero-order chi connectivity index (χ0) is 15.7. The van der Waals surface area contributed by atoms with Crippen molar-refractivity contribution in [3.8, 4) is 0 Å². The van der Waals surface area contributed by atoms with Crippen LogP contribution in [0.4, 0.5) is 5.69 Å². The molecule has 0 radical (unpaired) electrons. The van der Waals surface area contributed by atoms with E-state index in [9.17, 15) is 9.59 Å². The van der Waals surface area contributed by atoms with Gasteiger partial charge in [0.2, 0.25) is 11.8 Å². The molecule has 22 heavy (non-hydrogen) atoms. The topological polar surface area (TPSA) is 49.4 Å². The van der Waals surface area contributed by atoms with E-state index in [2.05, 4.69) is 5.32 Å². The average Bonchev–Trinajstić information content (AvgIpc) is 3.09. The van der Waals surface area contributed by atoms with Crippen molar-refractivity contribution in [2.75, 3.05) is 11.4 Å². The molecule has 2 amide bonds. The average molecular weight is 341 g/mol. The molecular formula is C16H18Cl2N2O2. The fourth-order valence-corrected chi connectivity index (χ4v) is 3.84. The van der Waals surface area contributed by atoms with Crippen LogP contribution in [0.15, 0.2) is 18.2 Å². The number of benzene rings is 1. The quantitative estimate of drug-likeness (QED) is 0.916. The maximum Gasteiger partial charge on any atom is 0.227 e. The summed E-state index contributed by atoms with van der Waals surface area (Å²) in [6.07, 6.45) is 4.60. The summed E-state index contributed by atoms with van der Waals surface area (Å²) < 4.78 is 0. The standard InChI is InChI=1S/C16H18Cl2N2O2/c17-12-6-3-7-13(18)15(12)20-9-10(8-14(20)21)16(22)19-11-4-1-2-5-11/h3,6-7,10-11H,1-2,4-5,8-9H2,(H,19,22). The number of nitrogens with one attached hydrogen (secondary N) is 1. The molecule has 0 spiro atoms. The van der Waals surface area contributed by atoms with Crippen molar-refractivity contribution in [2.24, 2.45) is 5.92 Å². The Kier molecular flexibility index (Phi) is 4.59. The Morgan fingerprint density at radius 3 is 2.45 bits per heavy atom. The van der Waals surface area contributed by atoms with E-state index in [0.29, 0.717) is 22.3 Å². The van der Waals surface area contributed by atoms with Crippen molar-refractivity contribution in [2.45, 2.75) is 38.1 Å². The number of carbonyl (C=O) groups is 2. The molecule has 2 fully saturated rings. The van der Waals surface area contributed by atoms with Gasteiger partial charge in [-0.05, 0) is 25.0 Å². The first-order valence-corrected chi connectivity index (χ1v) is 8.36. The molecular weight excluding hydrogens is 323 g/mol. The molecule has 3 rings (SSSR count). The molecule has 1 aliphatic carbocycles. The third kappa shape index (κ3) is 3.08. The van der Waals surface area contributed by atoms with Crippen molar-refractivity contribution in [3.63, 3.8) is 0 Å². The van der Waals surface area contributed by atoms with Gasteiger partial charge in [-0.15, -0.1) is 0 Å². The number of anilines is 1. The van der Waals surface area contributed by atoms with Gasteiger partial charge in [0.1, 0.15) is 0 Å². The number of hydrogen-bond acceptors (Lipinski definition) is 2. The monoisotopic (exact) mass is 340 g/mol. The second-order valence-corrected chi connectivity index (χ2v) is 6.78. The molecule has 1 saturated heterocycles. The molecule has 1 heterocycles. The van der Waals surface area contributed by atoms with Crippen LogP contribution in [-0.2, 0) is 9.59 Å². The zero-order valence-corrected chi connectivity index (χ0v) is 13.7. The van der Waals surface area contributed by atoms with Crippen LogP contribution in [0.3, 0.4) is 0 Å². The highest BCUT2D eigenvalue weighted by Gasteiger charge is 2.37. The molecule has 1 aliphatic heterocycles. The Balaban J connectivity index is 1.71. The van der Waals surface area contributed by atoms with Crippen LogP contribution in [-0.4, -0.2) is 24.4 Å². The first-order chi connectivity index (χ1) is 10.6. The number of rotatable bonds is 3. The molecule has 1 saturated carbocycles. The molecule has 1 aromatic carbocycles. The van der Waals surface area contributed by atoms with Crippen molar-refractivity contribution < 1.29 is 9.59 Å². The van der Waals surface area contributed by atoms with E-state index >= 15 is 0 Å². The second kappa shape index (κ2) is 6.47. The molecule has 0 bridgehead atoms. The summed E-state index contributed by atoms with van der Waals surface area (Å²) in [6, 6.07) is 5.39. The lowest BCUT2D eigenvalue weighted by molar-refractivity contribution is -0.126. The van der Waals surface area contributed by atoms with Gasteiger partial charge >= 0.3 is 0 Å². The molecule has 1 N–H and O–H groups in total. The molecule has 1 atom stereocenters. The van der Waals surface area contributed by atoms with Gasteiger partial charge in [-0.3, -0.25) is 9.59 Å². The maximum atomic E-state index is 12.3. The Morgan fingerprint density at radius 1 is 1.18 bits per heavy atom. The molecule has 4 nitrogen and oxygen atoms in total. The largest absolute Gasteiger partial charge is 0.353 e. The van der Waals surface area contributed by atoms with Crippen molar-refractivity contribution in [3.05, 3.63) is 28.2 Å². The van der Waals surface area contributed by atoms with Crippen LogP contribution in [0.2, 0.25) is 10.0 Å². The Bertz CT molecular complexity index is 580. The van der Waals surface area contributed by atoms with Gasteiger partial charge < -0.3 is 10.2 Å². The molecule has 1 aromatic rings. The highest BCUT2D eigenvalue weighted by Crippen LogP contribution is 2.37. The normalized spacial score (nSPS) is 22.4. The minimum Gasteiger partial charge on any atom is -0.353 e. The molecule has 2 aliphatic rings. The van der Waals surface area contributed by atoms with Crippen LogP contribution in [0.25, 0.3) is 0 Å². The summed E-state index contributed by atoms with van der Waals surface area (Å²) in [6.45, 7) is 0.334. The van der Waals surface area contributed by atoms with Crippen LogP contribution >= 0.6 is 23.2 Å². The van der Waals surface area contributed by atoms with Gasteiger partial charge in [0.05, 0.1) is 21.7 Å². The summed E-state index contributed by atoms with van der Waals surface area (Å²) in [5.41, 5.74) is 0.506. The van der Waals surface area contributed by atoms with E-state index in [4.69, 9.17) is 23.2 Å². The highest BCUT2D eigenvalue weighted by atomic mass is 35.5. The lowest BCUT2D eigenvalue weighted by Gasteiger charge is -2.20. The molecule has 6 heteroatoms. The number of carbonyl (C=O) groups excluding carboxylic acids is 2. The predicted octanol–water partition coefficient (Wildman–Crippen LogP) is 3.41. The van der Waals surface area contributed by atoms with Gasteiger partial charge in [0, 0.05) is 19.0 Å². The summed E-state index contributed by atoms with van der Waals surface area (Å²) in [5.74, 6) is -0.479. The Morgan fingerprint density at radius 2 is 1.82 bits per heavy atom. The summed E-state index contributed by atoms with van der Waals surface area (Å²) in [7, 11) is 0. The lowest BCUT2D eigenvalue weighted by atomic mass is 10.1. The minimum absolute atomic E-state index is 0.0362. The number of amides is 2. The predicted molar refractivity (Wildman–Crippen MR) is 87.3 cm³/mol. The van der Waals surface area contributed by atoms with Gasteiger partial charge in [-0.25, -0.2) is 0 Å². The zero-order valence-electron chi connectivity index (χ0n) is 12.1. The SMILES string of the molecule is O=C(NC1CCCC1)C1CC(=O)N(c2c(Cl)cccc2Cl)C1. The van der Waals surface area contributed by atoms with Crippen molar-refractivity contribution in [1.29, 1.82) is 0 Å². The van der Waals surface area contributed by atoms with E-state index in [-0.39, 0.29) is 30.2 Å². The van der Waals surface area contributed by atoms with E-state index in [1.54, 1.807) is 18.2 Å². The maximum absolute atomic E-state index is 12.3. The van der Waals surface area contributed by atoms with Crippen LogP contribution in [0.5, 0.6) is 0 Å². The lowest BCUT2D eigenvalue weighted by Crippen LogP contribution is -2.38. The van der Waals surface area contributed by atoms with Gasteiger partial charge in [0.15, 0.2) is 0 Å². The second-order valence-electron chi connectivity index (χ2n) is 5.97. The molecule has 0 aromatic heterocycles. The molecule has 1 unspecified atom stereocenters. The minimum atomic E-state index is -0.333. The third-order valence-corrected chi connectivity index (χ3v) is 5.01. The molecule has 118 valence electrons. The van der Waals surface area contributed by atoms with E-state index < -0.39 is 0 Å². The van der Waals surface area contributed by atoms with E-state index in [1.165, 1.54) is 4.90 Å². The van der Waals surface area contributed by atoms with E-state index in [0.717, 1.165) is 25.7 Å². The van der Waals surface area contributed by atoms with Gasteiger partial charge in [-0.1, -0.05) is 42.1 Å². The smallest absolute Gasteiger partial charge is 0.227 e. The van der Waals surface area contributed by atoms with Crippen LogP contribution in [0.1, 0.15) is 32.1 Å². The third-order valence-electron chi connectivity index (χ3n) is 4.40. The van der Waals surface area contributed by atoms with Gasteiger partial charge in [-0.2, -0.15) is 0 Å². The summed E-state index contributed by atoms with van der Waals surface area (Å²) in [5, 5.41) is 3.92. The summed E-state index contributed by atoms with van der Waals surface area (Å²) in [4.78, 5) is 26.1. The number of para-hydroxylation sites is 1. The first-order valence-electron chi connectivity index (χ1n) is 7.61. The summed E-state index contributed by atoms with van der Waals surface area (Å²) >= 11 is 12.3. The Labute approximate surface area is 139 Å². The fourth-order valence-electron chi connectivity index (χ4n) is 3.24.